The number of benzene rings is 1. The Kier molecular flexibility index (Phi) is 2.73. The standard InChI is InChI=1S/C12H17NO/c1-2-11(9-14)13-8-7-10-5-3-4-6-12(10)13/h3-6,11,14H,2,7-9H2,1H3. The molecule has 2 rings (SSSR count). The van der Waals surface area contributed by atoms with Gasteiger partial charge in [-0.05, 0) is 24.5 Å². The van der Waals surface area contributed by atoms with Crippen molar-refractivity contribution in [2.75, 3.05) is 18.1 Å². The minimum Gasteiger partial charge on any atom is -0.394 e. The summed E-state index contributed by atoms with van der Waals surface area (Å²) in [6.45, 7) is 3.44. The molecule has 0 saturated heterocycles. The van der Waals surface area contributed by atoms with E-state index in [1.54, 1.807) is 0 Å². The van der Waals surface area contributed by atoms with Crippen LogP contribution in [0.2, 0.25) is 0 Å². The Hall–Kier alpha value is -1.02. The van der Waals surface area contributed by atoms with Gasteiger partial charge in [0.15, 0.2) is 0 Å². The van der Waals surface area contributed by atoms with Crippen molar-refractivity contribution in [3.63, 3.8) is 0 Å². The molecular weight excluding hydrogens is 174 g/mol. The maximum Gasteiger partial charge on any atom is 0.0634 e. The molecule has 1 aromatic rings. The third-order valence-electron chi connectivity index (χ3n) is 3.05. The van der Waals surface area contributed by atoms with Gasteiger partial charge in [-0.15, -0.1) is 0 Å². The van der Waals surface area contributed by atoms with Crippen molar-refractivity contribution >= 4 is 5.69 Å². The molecule has 2 heteroatoms. The lowest BCUT2D eigenvalue weighted by Crippen LogP contribution is -2.36. The number of aliphatic hydroxyl groups is 1. The fourth-order valence-corrected chi connectivity index (χ4v) is 2.19. The Morgan fingerprint density at radius 2 is 2.21 bits per heavy atom. The first-order valence-electron chi connectivity index (χ1n) is 5.32. The summed E-state index contributed by atoms with van der Waals surface area (Å²) in [5.41, 5.74) is 2.73. The molecule has 14 heavy (non-hydrogen) atoms. The number of hydrogen-bond donors (Lipinski definition) is 1. The molecule has 1 aromatic carbocycles. The minimum atomic E-state index is 0.255. The zero-order chi connectivity index (χ0) is 9.97. The number of rotatable bonds is 3. The van der Waals surface area contributed by atoms with Gasteiger partial charge in [-0.2, -0.15) is 0 Å². The maximum absolute atomic E-state index is 9.27. The van der Waals surface area contributed by atoms with E-state index in [1.807, 2.05) is 0 Å². The van der Waals surface area contributed by atoms with Crippen LogP contribution in [0.5, 0.6) is 0 Å². The van der Waals surface area contributed by atoms with Crippen LogP contribution in [0, 0.1) is 0 Å². The van der Waals surface area contributed by atoms with Crippen molar-refractivity contribution in [3.05, 3.63) is 29.8 Å². The van der Waals surface area contributed by atoms with Gasteiger partial charge in [0.2, 0.25) is 0 Å². The summed E-state index contributed by atoms with van der Waals surface area (Å²) in [7, 11) is 0. The Morgan fingerprint density at radius 1 is 1.43 bits per heavy atom. The van der Waals surface area contributed by atoms with E-state index in [0.717, 1.165) is 19.4 Å². The average molecular weight is 191 g/mol. The van der Waals surface area contributed by atoms with Crippen LogP contribution in [-0.4, -0.2) is 24.3 Å². The van der Waals surface area contributed by atoms with Crippen LogP contribution < -0.4 is 4.90 Å². The van der Waals surface area contributed by atoms with Gasteiger partial charge in [-0.1, -0.05) is 25.1 Å². The second kappa shape index (κ2) is 4.01. The van der Waals surface area contributed by atoms with E-state index in [2.05, 4.69) is 36.1 Å². The lowest BCUT2D eigenvalue weighted by atomic mass is 10.1. The predicted molar refractivity (Wildman–Crippen MR) is 58.7 cm³/mol. The molecule has 0 bridgehead atoms. The highest BCUT2D eigenvalue weighted by atomic mass is 16.3. The number of fused-ring (bicyclic) bond motifs is 1. The topological polar surface area (TPSA) is 23.5 Å². The molecule has 1 N–H and O–H groups in total. The zero-order valence-electron chi connectivity index (χ0n) is 8.61. The zero-order valence-corrected chi connectivity index (χ0v) is 8.61. The summed E-state index contributed by atoms with van der Waals surface area (Å²) >= 11 is 0. The molecule has 76 valence electrons. The molecule has 0 aromatic heterocycles. The summed E-state index contributed by atoms with van der Waals surface area (Å²) in [6.07, 6.45) is 2.12. The van der Waals surface area contributed by atoms with E-state index >= 15 is 0 Å². The first-order chi connectivity index (χ1) is 6.86. The molecule has 0 saturated carbocycles. The van der Waals surface area contributed by atoms with Gasteiger partial charge in [0.1, 0.15) is 0 Å². The highest BCUT2D eigenvalue weighted by Crippen LogP contribution is 2.29. The number of hydrogen-bond acceptors (Lipinski definition) is 2. The van der Waals surface area contributed by atoms with Crippen LogP contribution >= 0.6 is 0 Å². The highest BCUT2D eigenvalue weighted by Gasteiger charge is 2.23. The van der Waals surface area contributed by atoms with E-state index < -0.39 is 0 Å². The molecular formula is C12H17NO. The van der Waals surface area contributed by atoms with Crippen molar-refractivity contribution in [1.82, 2.24) is 0 Å². The van der Waals surface area contributed by atoms with Crippen molar-refractivity contribution in [2.45, 2.75) is 25.8 Å². The van der Waals surface area contributed by atoms with E-state index in [9.17, 15) is 5.11 Å². The third-order valence-corrected chi connectivity index (χ3v) is 3.05. The normalized spacial score (nSPS) is 16.9. The molecule has 0 spiro atoms. The molecule has 0 amide bonds. The van der Waals surface area contributed by atoms with Gasteiger partial charge in [0.05, 0.1) is 12.6 Å². The van der Waals surface area contributed by atoms with E-state index in [-0.39, 0.29) is 6.61 Å². The Morgan fingerprint density at radius 3 is 2.93 bits per heavy atom. The van der Waals surface area contributed by atoms with E-state index in [4.69, 9.17) is 0 Å². The Bertz CT molecular complexity index is 307. The molecule has 0 aliphatic carbocycles. The van der Waals surface area contributed by atoms with E-state index in [1.165, 1.54) is 11.3 Å². The molecule has 1 atom stereocenters. The SMILES string of the molecule is CCC(CO)N1CCc2ccccc21. The maximum atomic E-state index is 9.27. The first-order valence-corrected chi connectivity index (χ1v) is 5.32. The van der Waals surface area contributed by atoms with Crippen LogP contribution in [0.4, 0.5) is 5.69 Å². The molecule has 1 heterocycles. The minimum absolute atomic E-state index is 0.255. The lowest BCUT2D eigenvalue weighted by molar-refractivity contribution is 0.257. The smallest absolute Gasteiger partial charge is 0.0634 e. The van der Waals surface area contributed by atoms with Crippen LogP contribution in [0.25, 0.3) is 0 Å². The molecule has 0 fully saturated rings. The number of anilines is 1. The van der Waals surface area contributed by atoms with Crippen molar-refractivity contribution in [1.29, 1.82) is 0 Å². The van der Waals surface area contributed by atoms with Crippen LogP contribution in [0.3, 0.4) is 0 Å². The second-order valence-corrected chi connectivity index (χ2v) is 3.82. The number of nitrogens with zero attached hydrogens (tertiary/aromatic N) is 1. The predicted octanol–water partition coefficient (Wildman–Crippen LogP) is 1.82. The first kappa shape index (κ1) is 9.53. The van der Waals surface area contributed by atoms with Gasteiger partial charge in [-0.25, -0.2) is 0 Å². The van der Waals surface area contributed by atoms with Crippen LogP contribution in [0.15, 0.2) is 24.3 Å². The fraction of sp³-hybridized carbons (Fsp3) is 0.500. The van der Waals surface area contributed by atoms with Gasteiger partial charge < -0.3 is 10.0 Å². The monoisotopic (exact) mass is 191 g/mol. The van der Waals surface area contributed by atoms with Crippen LogP contribution in [-0.2, 0) is 6.42 Å². The molecule has 1 aliphatic rings. The average Bonchev–Trinajstić information content (AvgIpc) is 2.65. The third kappa shape index (κ3) is 1.50. The molecule has 1 unspecified atom stereocenters. The number of para-hydroxylation sites is 1. The van der Waals surface area contributed by atoms with Crippen LogP contribution in [0.1, 0.15) is 18.9 Å². The summed E-state index contributed by atoms with van der Waals surface area (Å²) in [4.78, 5) is 2.33. The Labute approximate surface area is 85.2 Å². The molecule has 0 radical (unpaired) electrons. The molecule has 1 aliphatic heterocycles. The van der Waals surface area contributed by atoms with Gasteiger partial charge in [-0.3, -0.25) is 0 Å². The highest BCUT2D eigenvalue weighted by molar-refractivity contribution is 5.58. The van der Waals surface area contributed by atoms with Gasteiger partial charge in [0, 0.05) is 12.2 Å². The number of aliphatic hydroxyl groups excluding tert-OH is 1. The van der Waals surface area contributed by atoms with Crippen molar-refractivity contribution in [2.24, 2.45) is 0 Å². The Balaban J connectivity index is 2.25. The van der Waals surface area contributed by atoms with Gasteiger partial charge >= 0.3 is 0 Å². The fourth-order valence-electron chi connectivity index (χ4n) is 2.19. The van der Waals surface area contributed by atoms with E-state index in [0.29, 0.717) is 6.04 Å². The summed E-state index contributed by atoms with van der Waals surface area (Å²) in [5.74, 6) is 0. The molecule has 2 nitrogen and oxygen atoms in total. The lowest BCUT2D eigenvalue weighted by Gasteiger charge is -2.27. The largest absolute Gasteiger partial charge is 0.394 e. The van der Waals surface area contributed by atoms with Crippen molar-refractivity contribution in [3.8, 4) is 0 Å². The van der Waals surface area contributed by atoms with Crippen molar-refractivity contribution < 1.29 is 5.11 Å². The summed E-state index contributed by atoms with van der Waals surface area (Å²) in [5, 5.41) is 9.27. The summed E-state index contributed by atoms with van der Waals surface area (Å²) in [6, 6.07) is 8.78. The second-order valence-electron chi connectivity index (χ2n) is 3.82. The quantitative estimate of drug-likeness (QED) is 0.787. The summed E-state index contributed by atoms with van der Waals surface area (Å²) < 4.78 is 0. The van der Waals surface area contributed by atoms with Gasteiger partial charge in [0.25, 0.3) is 0 Å².